The van der Waals surface area contributed by atoms with Crippen LogP contribution in [0.1, 0.15) is 31.6 Å². The van der Waals surface area contributed by atoms with E-state index in [4.69, 9.17) is 5.26 Å². The highest BCUT2D eigenvalue weighted by Gasteiger charge is 2.34. The van der Waals surface area contributed by atoms with Gasteiger partial charge in [0.25, 0.3) is 10.0 Å². The predicted molar refractivity (Wildman–Crippen MR) is 70.8 cm³/mol. The number of rotatable bonds is 2. The van der Waals surface area contributed by atoms with Crippen LogP contribution in [-0.4, -0.2) is 25.3 Å². The molecule has 0 saturated carbocycles. The molecule has 1 aliphatic rings. The molecule has 98 valence electrons. The number of piperidine rings is 1. The van der Waals surface area contributed by atoms with Crippen molar-refractivity contribution in [2.75, 3.05) is 6.54 Å². The Morgan fingerprint density at radius 2 is 2.11 bits per heavy atom. The molecule has 0 aliphatic carbocycles. The standard InChI is InChI=1S/C12H16N2O2S2/c1-9-3-4-10(2)14(8-9)18(15,16)12-6-5-11(7-13)17-12/h5-6,9-10H,3-4,8H2,1-2H3. The molecular formula is C12H16N2O2S2. The topological polar surface area (TPSA) is 61.2 Å². The van der Waals surface area contributed by atoms with Gasteiger partial charge in [-0.3, -0.25) is 0 Å². The van der Waals surface area contributed by atoms with Crippen molar-refractivity contribution >= 4 is 21.4 Å². The van der Waals surface area contributed by atoms with Gasteiger partial charge in [0.1, 0.15) is 15.2 Å². The van der Waals surface area contributed by atoms with Crippen LogP contribution in [0, 0.1) is 17.2 Å². The van der Waals surface area contributed by atoms with Crippen molar-refractivity contribution in [1.82, 2.24) is 4.31 Å². The van der Waals surface area contributed by atoms with E-state index in [2.05, 4.69) is 6.92 Å². The smallest absolute Gasteiger partial charge is 0.206 e. The molecule has 2 atom stereocenters. The van der Waals surface area contributed by atoms with Gasteiger partial charge in [-0.1, -0.05) is 6.92 Å². The molecule has 1 saturated heterocycles. The molecule has 4 nitrogen and oxygen atoms in total. The Balaban J connectivity index is 2.33. The third-order valence-electron chi connectivity index (χ3n) is 3.31. The number of hydrogen-bond acceptors (Lipinski definition) is 4. The quantitative estimate of drug-likeness (QED) is 0.838. The molecule has 2 heterocycles. The molecule has 1 fully saturated rings. The first-order valence-corrected chi connectivity index (χ1v) is 8.22. The van der Waals surface area contributed by atoms with Gasteiger partial charge in [0.15, 0.2) is 0 Å². The van der Waals surface area contributed by atoms with Crippen LogP contribution in [0.15, 0.2) is 16.3 Å². The van der Waals surface area contributed by atoms with Gasteiger partial charge in [-0.05, 0) is 37.8 Å². The summed E-state index contributed by atoms with van der Waals surface area (Å²) in [6.45, 7) is 4.59. The van der Waals surface area contributed by atoms with E-state index in [0.717, 1.165) is 24.2 Å². The van der Waals surface area contributed by atoms with Crippen LogP contribution in [0.3, 0.4) is 0 Å². The lowest BCUT2D eigenvalue weighted by atomic mass is 9.97. The average molecular weight is 284 g/mol. The highest BCUT2D eigenvalue weighted by atomic mass is 32.2. The molecule has 0 N–H and O–H groups in total. The van der Waals surface area contributed by atoms with Crippen LogP contribution in [0.25, 0.3) is 0 Å². The summed E-state index contributed by atoms with van der Waals surface area (Å²) in [6.07, 6.45) is 1.97. The van der Waals surface area contributed by atoms with E-state index in [9.17, 15) is 8.42 Å². The van der Waals surface area contributed by atoms with Gasteiger partial charge < -0.3 is 0 Å². The lowest BCUT2D eigenvalue weighted by molar-refractivity contribution is 0.218. The molecule has 6 heteroatoms. The van der Waals surface area contributed by atoms with Gasteiger partial charge in [-0.15, -0.1) is 11.3 Å². The number of sulfonamides is 1. The molecule has 1 aromatic heterocycles. The van der Waals surface area contributed by atoms with E-state index in [1.165, 1.54) is 6.07 Å². The Kier molecular flexibility index (Phi) is 3.76. The highest BCUT2D eigenvalue weighted by molar-refractivity contribution is 7.91. The van der Waals surface area contributed by atoms with E-state index in [-0.39, 0.29) is 10.3 Å². The van der Waals surface area contributed by atoms with E-state index in [1.54, 1.807) is 10.4 Å². The van der Waals surface area contributed by atoms with Crippen LogP contribution >= 0.6 is 11.3 Å². The van der Waals surface area contributed by atoms with Crippen LogP contribution < -0.4 is 0 Å². The second-order valence-corrected chi connectivity index (χ2v) is 8.04. The molecule has 1 aromatic rings. The number of nitriles is 1. The fourth-order valence-electron chi connectivity index (χ4n) is 2.22. The van der Waals surface area contributed by atoms with Crippen LogP contribution in [0.2, 0.25) is 0 Å². The van der Waals surface area contributed by atoms with E-state index >= 15 is 0 Å². The van der Waals surface area contributed by atoms with Crippen molar-refractivity contribution in [3.63, 3.8) is 0 Å². The zero-order chi connectivity index (χ0) is 13.3. The average Bonchev–Trinajstić information content (AvgIpc) is 2.81. The number of hydrogen-bond donors (Lipinski definition) is 0. The summed E-state index contributed by atoms with van der Waals surface area (Å²) >= 11 is 1.05. The predicted octanol–water partition coefficient (Wildman–Crippen LogP) is 2.43. The first kappa shape index (κ1) is 13.5. The molecule has 0 amide bonds. The summed E-state index contributed by atoms with van der Waals surface area (Å²) in [5.41, 5.74) is 0. The van der Waals surface area contributed by atoms with Crippen LogP contribution in [-0.2, 0) is 10.0 Å². The molecular weight excluding hydrogens is 268 g/mol. The number of thiophene rings is 1. The van der Waals surface area contributed by atoms with Crippen molar-refractivity contribution in [2.24, 2.45) is 5.92 Å². The van der Waals surface area contributed by atoms with Gasteiger partial charge >= 0.3 is 0 Å². The van der Waals surface area contributed by atoms with Crippen molar-refractivity contribution in [3.05, 3.63) is 17.0 Å². The minimum Gasteiger partial charge on any atom is -0.206 e. The molecule has 0 spiro atoms. The van der Waals surface area contributed by atoms with Gasteiger partial charge in [-0.2, -0.15) is 9.57 Å². The Hall–Kier alpha value is -0.900. The minimum atomic E-state index is -3.43. The van der Waals surface area contributed by atoms with Crippen molar-refractivity contribution in [3.8, 4) is 6.07 Å². The molecule has 2 unspecified atom stereocenters. The lowest BCUT2D eigenvalue weighted by Gasteiger charge is -2.35. The summed E-state index contributed by atoms with van der Waals surface area (Å²) in [5, 5.41) is 8.77. The van der Waals surface area contributed by atoms with Gasteiger partial charge in [0.05, 0.1) is 0 Å². The van der Waals surface area contributed by atoms with Gasteiger partial charge in [0.2, 0.25) is 0 Å². The highest BCUT2D eigenvalue weighted by Crippen LogP contribution is 2.30. The normalized spacial score (nSPS) is 25.8. The fraction of sp³-hybridized carbons (Fsp3) is 0.583. The zero-order valence-electron chi connectivity index (χ0n) is 10.5. The van der Waals surface area contributed by atoms with Crippen LogP contribution in [0.5, 0.6) is 0 Å². The van der Waals surface area contributed by atoms with Crippen LogP contribution in [0.4, 0.5) is 0 Å². The largest absolute Gasteiger partial charge is 0.252 e. The van der Waals surface area contributed by atoms with Gasteiger partial charge in [0, 0.05) is 12.6 Å². The zero-order valence-corrected chi connectivity index (χ0v) is 12.1. The van der Waals surface area contributed by atoms with E-state index in [0.29, 0.717) is 17.3 Å². The SMILES string of the molecule is CC1CCC(C)N(S(=O)(=O)c2ccc(C#N)s2)C1. The Labute approximate surface area is 112 Å². The second-order valence-electron chi connectivity index (χ2n) is 4.84. The summed E-state index contributed by atoms with van der Waals surface area (Å²) in [6, 6.07) is 5.12. The second kappa shape index (κ2) is 5.00. The summed E-state index contributed by atoms with van der Waals surface area (Å²) < 4.78 is 26.9. The third-order valence-corrected chi connectivity index (χ3v) is 6.75. The van der Waals surface area contributed by atoms with Gasteiger partial charge in [-0.25, -0.2) is 8.42 Å². The maximum atomic E-state index is 12.5. The first-order valence-electron chi connectivity index (χ1n) is 5.97. The fourth-order valence-corrected chi connectivity index (χ4v) is 5.23. The molecule has 0 radical (unpaired) electrons. The summed E-state index contributed by atoms with van der Waals surface area (Å²) in [4.78, 5) is 0.436. The van der Waals surface area contributed by atoms with E-state index in [1.807, 2.05) is 13.0 Å². The molecule has 18 heavy (non-hydrogen) atoms. The maximum Gasteiger partial charge on any atom is 0.252 e. The Morgan fingerprint density at radius 1 is 1.39 bits per heavy atom. The lowest BCUT2D eigenvalue weighted by Crippen LogP contribution is -2.44. The molecule has 2 rings (SSSR count). The van der Waals surface area contributed by atoms with Crippen molar-refractivity contribution < 1.29 is 8.42 Å². The summed E-state index contributed by atoms with van der Waals surface area (Å²) in [7, 11) is -3.43. The van der Waals surface area contributed by atoms with Crippen molar-refractivity contribution in [1.29, 1.82) is 5.26 Å². The minimum absolute atomic E-state index is 0.0406. The summed E-state index contributed by atoms with van der Waals surface area (Å²) in [5.74, 6) is 0.395. The third kappa shape index (κ3) is 2.44. The molecule has 1 aliphatic heterocycles. The monoisotopic (exact) mass is 284 g/mol. The molecule has 0 aromatic carbocycles. The first-order chi connectivity index (χ1) is 8.45. The Morgan fingerprint density at radius 3 is 2.72 bits per heavy atom. The molecule has 0 bridgehead atoms. The maximum absolute atomic E-state index is 12.5. The Bertz CT molecular complexity index is 571. The van der Waals surface area contributed by atoms with Crippen molar-refractivity contribution in [2.45, 2.75) is 36.9 Å². The number of nitrogens with zero attached hydrogens (tertiary/aromatic N) is 2. The van der Waals surface area contributed by atoms with E-state index < -0.39 is 10.0 Å².